The molecule has 4 nitrogen and oxygen atoms in total. The van der Waals surface area contributed by atoms with Crippen LogP contribution in [-0.2, 0) is 9.53 Å². The van der Waals surface area contributed by atoms with E-state index in [1.165, 1.54) is 12.7 Å². The summed E-state index contributed by atoms with van der Waals surface area (Å²) in [5.74, 6) is 0.257. The highest BCUT2D eigenvalue weighted by Crippen LogP contribution is 2.27. The molecule has 16 heavy (non-hydrogen) atoms. The van der Waals surface area contributed by atoms with Gasteiger partial charge in [0, 0.05) is 12.4 Å². The van der Waals surface area contributed by atoms with Crippen LogP contribution in [0, 0.1) is 0 Å². The first kappa shape index (κ1) is 11.1. The molecule has 1 aliphatic rings. The Bertz CT molecular complexity index is 353. The highest BCUT2D eigenvalue weighted by molar-refractivity contribution is 5.75. The molecule has 0 bridgehead atoms. The highest BCUT2D eigenvalue weighted by Gasteiger charge is 2.28. The van der Waals surface area contributed by atoms with Gasteiger partial charge < -0.3 is 10.1 Å². The molecule has 2 rings (SSSR count). The Morgan fingerprint density at radius 3 is 2.94 bits per heavy atom. The Hall–Kier alpha value is -1.42. The number of nitrogens with zero attached hydrogens (tertiary/aromatic N) is 1. The standard InChI is InChI=1S/C12H16N2O2/c1-16-12(15)11-8-10(4-7-14-11)9-2-5-13-6-3-9/h2-3,5-6,10-11,14H,4,7-8H2,1H3. The molecule has 86 valence electrons. The number of esters is 1. The summed E-state index contributed by atoms with van der Waals surface area (Å²) in [6.45, 7) is 0.854. The monoisotopic (exact) mass is 220 g/mol. The topological polar surface area (TPSA) is 51.2 Å². The quantitative estimate of drug-likeness (QED) is 0.758. The maximum atomic E-state index is 11.4. The number of pyridine rings is 1. The van der Waals surface area contributed by atoms with Gasteiger partial charge in [0.15, 0.2) is 0 Å². The minimum Gasteiger partial charge on any atom is -0.468 e. The predicted octanol–water partition coefficient (Wildman–Crippen LogP) is 1.09. The number of rotatable bonds is 2. The van der Waals surface area contributed by atoms with Crippen molar-refractivity contribution in [1.29, 1.82) is 0 Å². The van der Waals surface area contributed by atoms with Crippen LogP contribution >= 0.6 is 0 Å². The zero-order chi connectivity index (χ0) is 11.4. The normalized spacial score (nSPS) is 25.1. The molecule has 2 unspecified atom stereocenters. The second-order valence-electron chi connectivity index (χ2n) is 4.03. The van der Waals surface area contributed by atoms with E-state index < -0.39 is 0 Å². The van der Waals surface area contributed by atoms with Crippen LogP contribution in [0.2, 0.25) is 0 Å². The number of hydrogen-bond acceptors (Lipinski definition) is 4. The smallest absolute Gasteiger partial charge is 0.322 e. The van der Waals surface area contributed by atoms with Crippen molar-refractivity contribution in [2.24, 2.45) is 0 Å². The van der Waals surface area contributed by atoms with E-state index in [4.69, 9.17) is 4.74 Å². The van der Waals surface area contributed by atoms with Gasteiger partial charge in [-0.1, -0.05) is 0 Å². The minimum atomic E-state index is -0.170. The molecule has 1 aliphatic heterocycles. The molecule has 0 spiro atoms. The minimum absolute atomic E-state index is 0.168. The number of ether oxygens (including phenoxy) is 1. The van der Waals surface area contributed by atoms with Crippen LogP contribution in [0.15, 0.2) is 24.5 Å². The van der Waals surface area contributed by atoms with Crippen LogP contribution in [0.4, 0.5) is 0 Å². The van der Waals surface area contributed by atoms with Crippen molar-refractivity contribution in [1.82, 2.24) is 10.3 Å². The first-order valence-electron chi connectivity index (χ1n) is 5.52. The van der Waals surface area contributed by atoms with Gasteiger partial charge in [0.1, 0.15) is 6.04 Å². The number of hydrogen-bond donors (Lipinski definition) is 1. The van der Waals surface area contributed by atoms with Crippen molar-refractivity contribution in [3.8, 4) is 0 Å². The molecule has 1 aromatic rings. The van der Waals surface area contributed by atoms with Gasteiger partial charge in [0.05, 0.1) is 7.11 Å². The zero-order valence-electron chi connectivity index (χ0n) is 9.35. The molecule has 1 N–H and O–H groups in total. The van der Waals surface area contributed by atoms with Crippen molar-refractivity contribution in [3.63, 3.8) is 0 Å². The van der Waals surface area contributed by atoms with Gasteiger partial charge in [-0.2, -0.15) is 0 Å². The van der Waals surface area contributed by atoms with Crippen LogP contribution in [-0.4, -0.2) is 30.6 Å². The van der Waals surface area contributed by atoms with Gasteiger partial charge in [-0.15, -0.1) is 0 Å². The lowest BCUT2D eigenvalue weighted by Gasteiger charge is -2.28. The SMILES string of the molecule is COC(=O)C1CC(c2ccncc2)CCN1. The third-order valence-electron chi connectivity index (χ3n) is 3.07. The molecule has 0 saturated carbocycles. The van der Waals surface area contributed by atoms with Crippen molar-refractivity contribution < 1.29 is 9.53 Å². The van der Waals surface area contributed by atoms with Crippen molar-refractivity contribution >= 4 is 5.97 Å². The molecule has 4 heteroatoms. The predicted molar refractivity (Wildman–Crippen MR) is 60.0 cm³/mol. The summed E-state index contributed by atoms with van der Waals surface area (Å²) in [5, 5.41) is 3.18. The number of aromatic nitrogens is 1. The number of piperidine rings is 1. The van der Waals surface area contributed by atoms with Crippen molar-refractivity contribution in [2.75, 3.05) is 13.7 Å². The number of carbonyl (C=O) groups is 1. The summed E-state index contributed by atoms with van der Waals surface area (Å²) in [4.78, 5) is 15.4. The van der Waals surface area contributed by atoms with Gasteiger partial charge in [0.2, 0.25) is 0 Å². The molecular formula is C12H16N2O2. The molecule has 2 heterocycles. The van der Waals surface area contributed by atoms with Gasteiger partial charge >= 0.3 is 5.97 Å². The van der Waals surface area contributed by atoms with Crippen LogP contribution in [0.3, 0.4) is 0 Å². The average Bonchev–Trinajstić information content (AvgIpc) is 2.39. The van der Waals surface area contributed by atoms with E-state index in [2.05, 4.69) is 10.3 Å². The van der Waals surface area contributed by atoms with Crippen molar-refractivity contribution in [3.05, 3.63) is 30.1 Å². The summed E-state index contributed by atoms with van der Waals surface area (Å²) in [5.41, 5.74) is 1.26. The first-order valence-corrected chi connectivity index (χ1v) is 5.52. The van der Waals surface area contributed by atoms with Crippen LogP contribution in [0.25, 0.3) is 0 Å². The molecule has 1 aromatic heterocycles. The van der Waals surface area contributed by atoms with E-state index in [1.54, 1.807) is 12.4 Å². The van der Waals surface area contributed by atoms with E-state index in [0.29, 0.717) is 5.92 Å². The second-order valence-corrected chi connectivity index (χ2v) is 4.03. The fourth-order valence-corrected chi connectivity index (χ4v) is 2.18. The Balaban J connectivity index is 2.05. The Morgan fingerprint density at radius 1 is 1.50 bits per heavy atom. The fraction of sp³-hybridized carbons (Fsp3) is 0.500. The Labute approximate surface area is 95.0 Å². The molecule has 0 radical (unpaired) electrons. The first-order chi connectivity index (χ1) is 7.81. The average molecular weight is 220 g/mol. The molecule has 1 saturated heterocycles. The molecule has 0 aliphatic carbocycles. The molecule has 0 amide bonds. The summed E-state index contributed by atoms with van der Waals surface area (Å²) >= 11 is 0. The molecule has 0 aromatic carbocycles. The maximum absolute atomic E-state index is 11.4. The number of methoxy groups -OCH3 is 1. The Morgan fingerprint density at radius 2 is 2.25 bits per heavy atom. The van der Waals surface area contributed by atoms with Crippen LogP contribution in [0.5, 0.6) is 0 Å². The third-order valence-corrected chi connectivity index (χ3v) is 3.07. The van der Waals surface area contributed by atoms with Gasteiger partial charge in [-0.25, -0.2) is 0 Å². The summed E-state index contributed by atoms with van der Waals surface area (Å²) in [7, 11) is 1.43. The molecule has 1 fully saturated rings. The lowest BCUT2D eigenvalue weighted by atomic mass is 9.87. The van der Waals surface area contributed by atoms with Crippen LogP contribution < -0.4 is 5.32 Å². The highest BCUT2D eigenvalue weighted by atomic mass is 16.5. The summed E-state index contributed by atoms with van der Waals surface area (Å²) in [6.07, 6.45) is 5.45. The number of nitrogens with one attached hydrogen (secondary N) is 1. The van der Waals surface area contributed by atoms with Gasteiger partial charge in [-0.3, -0.25) is 9.78 Å². The second kappa shape index (κ2) is 5.07. The Kier molecular flexibility index (Phi) is 3.51. The summed E-state index contributed by atoms with van der Waals surface area (Å²) in [6, 6.07) is 3.87. The zero-order valence-corrected chi connectivity index (χ0v) is 9.35. The van der Waals surface area contributed by atoms with E-state index in [0.717, 1.165) is 19.4 Å². The van der Waals surface area contributed by atoms with Gasteiger partial charge in [-0.05, 0) is 43.0 Å². The van der Waals surface area contributed by atoms with E-state index >= 15 is 0 Å². The lowest BCUT2D eigenvalue weighted by Crippen LogP contribution is -2.43. The lowest BCUT2D eigenvalue weighted by molar-refractivity contribution is -0.143. The summed E-state index contributed by atoms with van der Waals surface area (Å²) < 4.78 is 4.76. The molecule has 2 atom stereocenters. The van der Waals surface area contributed by atoms with Crippen molar-refractivity contribution in [2.45, 2.75) is 24.8 Å². The van der Waals surface area contributed by atoms with E-state index in [1.807, 2.05) is 12.1 Å². The maximum Gasteiger partial charge on any atom is 0.322 e. The third kappa shape index (κ3) is 2.39. The van der Waals surface area contributed by atoms with Gasteiger partial charge in [0.25, 0.3) is 0 Å². The van der Waals surface area contributed by atoms with Crippen LogP contribution in [0.1, 0.15) is 24.3 Å². The van der Waals surface area contributed by atoms with E-state index in [9.17, 15) is 4.79 Å². The largest absolute Gasteiger partial charge is 0.468 e. The fourth-order valence-electron chi connectivity index (χ4n) is 2.18. The molecular weight excluding hydrogens is 204 g/mol. The number of carbonyl (C=O) groups excluding carboxylic acids is 1. The van der Waals surface area contributed by atoms with E-state index in [-0.39, 0.29) is 12.0 Å².